The van der Waals surface area contributed by atoms with Crippen molar-refractivity contribution in [1.82, 2.24) is 5.16 Å². The summed E-state index contributed by atoms with van der Waals surface area (Å²) in [6.45, 7) is 2.10. The van der Waals surface area contributed by atoms with E-state index in [1.165, 1.54) is 0 Å². The molecule has 0 aromatic carbocycles. The highest BCUT2D eigenvalue weighted by atomic mass is 16.5. The van der Waals surface area contributed by atoms with E-state index in [1.807, 2.05) is 0 Å². The van der Waals surface area contributed by atoms with Crippen LogP contribution in [0.15, 0.2) is 16.9 Å². The summed E-state index contributed by atoms with van der Waals surface area (Å²) in [6, 6.07) is 1.85. The molecule has 10 heavy (non-hydrogen) atoms. The van der Waals surface area contributed by atoms with Gasteiger partial charge in [-0.05, 0) is 6.42 Å². The minimum absolute atomic E-state index is 0.0451. The molecule has 0 aliphatic heterocycles. The summed E-state index contributed by atoms with van der Waals surface area (Å²) in [5.74, 6) is 0. The van der Waals surface area contributed by atoms with E-state index >= 15 is 0 Å². The Balaban J connectivity index is 2.50. The van der Waals surface area contributed by atoms with Crippen LogP contribution in [0.2, 0.25) is 0 Å². The zero-order valence-electron chi connectivity index (χ0n) is 6.08. The van der Waals surface area contributed by atoms with E-state index in [2.05, 4.69) is 16.6 Å². The fraction of sp³-hybridized carbons (Fsp3) is 0.571. The lowest BCUT2D eigenvalue weighted by Crippen LogP contribution is -2.09. The maximum absolute atomic E-state index is 5.73. The number of nitrogens with zero attached hydrogens (tertiary/aromatic N) is 1. The first-order valence-electron chi connectivity index (χ1n) is 3.50. The second-order valence-corrected chi connectivity index (χ2v) is 2.32. The fourth-order valence-electron chi connectivity index (χ4n) is 0.872. The van der Waals surface area contributed by atoms with Crippen LogP contribution in [-0.2, 0) is 0 Å². The Morgan fingerprint density at radius 1 is 1.80 bits per heavy atom. The molecule has 1 aromatic rings. The van der Waals surface area contributed by atoms with Gasteiger partial charge in [-0.15, -0.1) is 0 Å². The summed E-state index contributed by atoms with van der Waals surface area (Å²) in [7, 11) is 0. The zero-order chi connectivity index (χ0) is 7.40. The topological polar surface area (TPSA) is 52.0 Å². The van der Waals surface area contributed by atoms with Crippen molar-refractivity contribution in [3.05, 3.63) is 18.0 Å². The van der Waals surface area contributed by atoms with E-state index in [-0.39, 0.29) is 6.04 Å². The summed E-state index contributed by atoms with van der Waals surface area (Å²) in [4.78, 5) is 0. The van der Waals surface area contributed by atoms with Crippen molar-refractivity contribution in [1.29, 1.82) is 0 Å². The van der Waals surface area contributed by atoms with Gasteiger partial charge in [-0.25, -0.2) is 0 Å². The first kappa shape index (κ1) is 7.28. The molecule has 0 bridgehead atoms. The van der Waals surface area contributed by atoms with Crippen molar-refractivity contribution in [2.75, 3.05) is 0 Å². The van der Waals surface area contributed by atoms with E-state index in [0.29, 0.717) is 0 Å². The van der Waals surface area contributed by atoms with Crippen molar-refractivity contribution in [2.24, 2.45) is 5.73 Å². The molecule has 0 fully saturated rings. The second kappa shape index (κ2) is 3.37. The summed E-state index contributed by atoms with van der Waals surface area (Å²) in [5.41, 5.74) is 6.58. The first-order valence-corrected chi connectivity index (χ1v) is 3.50. The molecule has 1 atom stereocenters. The molecule has 0 radical (unpaired) electrons. The number of hydrogen-bond donors (Lipinski definition) is 1. The lowest BCUT2D eigenvalue weighted by Gasteiger charge is -2.03. The molecule has 1 heterocycles. The average Bonchev–Trinajstić information content (AvgIpc) is 2.38. The lowest BCUT2D eigenvalue weighted by molar-refractivity contribution is 0.403. The van der Waals surface area contributed by atoms with Crippen LogP contribution in [0.1, 0.15) is 31.5 Å². The molecular weight excluding hydrogens is 128 g/mol. The molecule has 3 nitrogen and oxygen atoms in total. The van der Waals surface area contributed by atoms with E-state index in [9.17, 15) is 0 Å². The minimum Gasteiger partial charge on any atom is -0.364 e. The molecular formula is C7H12N2O. The van der Waals surface area contributed by atoms with Crippen LogP contribution in [0.4, 0.5) is 0 Å². The van der Waals surface area contributed by atoms with Crippen LogP contribution in [0.3, 0.4) is 0 Å². The van der Waals surface area contributed by atoms with Gasteiger partial charge < -0.3 is 10.3 Å². The van der Waals surface area contributed by atoms with Crippen LogP contribution >= 0.6 is 0 Å². The second-order valence-electron chi connectivity index (χ2n) is 2.32. The SMILES string of the molecule is CCCC(N)c1ccon1. The summed E-state index contributed by atoms with van der Waals surface area (Å²) in [6.07, 6.45) is 3.59. The van der Waals surface area contributed by atoms with Crippen molar-refractivity contribution in [2.45, 2.75) is 25.8 Å². The highest BCUT2D eigenvalue weighted by molar-refractivity contribution is 5.01. The van der Waals surface area contributed by atoms with Crippen molar-refractivity contribution in [3.63, 3.8) is 0 Å². The van der Waals surface area contributed by atoms with Gasteiger partial charge >= 0.3 is 0 Å². The Kier molecular flexibility index (Phi) is 2.45. The van der Waals surface area contributed by atoms with Crippen LogP contribution in [0, 0.1) is 0 Å². The van der Waals surface area contributed by atoms with Gasteiger partial charge in [-0.3, -0.25) is 0 Å². The Morgan fingerprint density at radius 3 is 3.10 bits per heavy atom. The molecule has 3 heteroatoms. The quantitative estimate of drug-likeness (QED) is 0.691. The molecule has 0 saturated carbocycles. The lowest BCUT2D eigenvalue weighted by atomic mass is 10.1. The Labute approximate surface area is 60.2 Å². The summed E-state index contributed by atoms with van der Waals surface area (Å²) >= 11 is 0. The first-order chi connectivity index (χ1) is 4.84. The molecule has 1 rings (SSSR count). The molecule has 1 unspecified atom stereocenters. The fourth-order valence-corrected chi connectivity index (χ4v) is 0.872. The summed E-state index contributed by atoms with van der Waals surface area (Å²) < 4.78 is 4.65. The molecule has 0 aliphatic carbocycles. The Morgan fingerprint density at radius 2 is 2.60 bits per heavy atom. The Hall–Kier alpha value is -0.830. The van der Waals surface area contributed by atoms with Gasteiger partial charge in [0.1, 0.15) is 12.0 Å². The molecule has 2 N–H and O–H groups in total. The normalized spacial score (nSPS) is 13.4. The number of hydrogen-bond acceptors (Lipinski definition) is 3. The van der Waals surface area contributed by atoms with Gasteiger partial charge in [0, 0.05) is 6.07 Å². The van der Waals surface area contributed by atoms with Gasteiger partial charge in [0.2, 0.25) is 0 Å². The number of nitrogens with two attached hydrogens (primary N) is 1. The molecule has 0 spiro atoms. The monoisotopic (exact) mass is 140 g/mol. The molecule has 0 saturated heterocycles. The van der Waals surface area contributed by atoms with Crippen molar-refractivity contribution < 1.29 is 4.52 Å². The van der Waals surface area contributed by atoms with E-state index in [4.69, 9.17) is 5.73 Å². The van der Waals surface area contributed by atoms with Crippen LogP contribution in [0.25, 0.3) is 0 Å². The predicted octanol–water partition coefficient (Wildman–Crippen LogP) is 1.47. The number of rotatable bonds is 3. The molecule has 0 amide bonds. The van der Waals surface area contributed by atoms with E-state index in [1.54, 1.807) is 12.3 Å². The third-order valence-corrected chi connectivity index (χ3v) is 1.44. The standard InChI is InChI=1S/C7H12N2O/c1-2-3-6(8)7-4-5-10-9-7/h4-6H,2-3,8H2,1H3. The molecule has 1 aromatic heterocycles. The van der Waals surface area contributed by atoms with Gasteiger partial charge in [0.15, 0.2) is 0 Å². The third-order valence-electron chi connectivity index (χ3n) is 1.44. The van der Waals surface area contributed by atoms with Gasteiger partial charge in [0.25, 0.3) is 0 Å². The predicted molar refractivity (Wildman–Crippen MR) is 38.3 cm³/mol. The van der Waals surface area contributed by atoms with Crippen molar-refractivity contribution in [3.8, 4) is 0 Å². The zero-order valence-corrected chi connectivity index (χ0v) is 6.08. The maximum atomic E-state index is 5.73. The Bertz CT molecular complexity index is 172. The average molecular weight is 140 g/mol. The largest absolute Gasteiger partial charge is 0.364 e. The highest BCUT2D eigenvalue weighted by Crippen LogP contribution is 2.11. The summed E-state index contributed by atoms with van der Waals surface area (Å²) in [5, 5.41) is 3.73. The smallest absolute Gasteiger partial charge is 0.124 e. The third kappa shape index (κ3) is 1.57. The minimum atomic E-state index is 0.0451. The van der Waals surface area contributed by atoms with Crippen LogP contribution in [0.5, 0.6) is 0 Å². The van der Waals surface area contributed by atoms with Crippen LogP contribution < -0.4 is 5.73 Å². The van der Waals surface area contributed by atoms with Crippen LogP contribution in [-0.4, -0.2) is 5.16 Å². The van der Waals surface area contributed by atoms with Gasteiger partial charge in [0.05, 0.1) is 6.04 Å². The highest BCUT2D eigenvalue weighted by Gasteiger charge is 2.06. The maximum Gasteiger partial charge on any atom is 0.124 e. The van der Waals surface area contributed by atoms with E-state index in [0.717, 1.165) is 18.5 Å². The number of aromatic nitrogens is 1. The van der Waals surface area contributed by atoms with E-state index < -0.39 is 0 Å². The van der Waals surface area contributed by atoms with Gasteiger partial charge in [-0.1, -0.05) is 18.5 Å². The molecule has 56 valence electrons. The van der Waals surface area contributed by atoms with Gasteiger partial charge in [-0.2, -0.15) is 0 Å². The molecule has 0 aliphatic rings. The van der Waals surface area contributed by atoms with Crippen molar-refractivity contribution >= 4 is 0 Å².